The summed E-state index contributed by atoms with van der Waals surface area (Å²) in [4.78, 5) is 25.0. The third-order valence-electron chi connectivity index (χ3n) is 4.06. The number of carbonyl (C=O) groups is 2. The Morgan fingerprint density at radius 1 is 1.29 bits per heavy atom. The summed E-state index contributed by atoms with van der Waals surface area (Å²) < 4.78 is 5.32. The van der Waals surface area contributed by atoms with Crippen LogP contribution < -0.4 is 0 Å². The van der Waals surface area contributed by atoms with Crippen molar-refractivity contribution in [2.24, 2.45) is 11.8 Å². The number of nitrogens with zero attached hydrogens (tertiary/aromatic N) is 1. The number of carboxylic acids is 1. The summed E-state index contributed by atoms with van der Waals surface area (Å²) in [7, 11) is 0. The van der Waals surface area contributed by atoms with E-state index in [1.807, 2.05) is 44.2 Å². The molecule has 1 N–H and O–H groups in total. The minimum atomic E-state index is -0.786. The first kappa shape index (κ1) is 15.4. The van der Waals surface area contributed by atoms with Gasteiger partial charge in [-0.25, -0.2) is 4.79 Å². The van der Waals surface area contributed by atoms with Crippen LogP contribution in [0.15, 0.2) is 30.3 Å². The number of piperidine rings is 1. The Kier molecular flexibility index (Phi) is 4.83. The van der Waals surface area contributed by atoms with Gasteiger partial charge in [0.1, 0.15) is 6.61 Å². The fourth-order valence-electron chi connectivity index (χ4n) is 2.75. The highest BCUT2D eigenvalue weighted by molar-refractivity contribution is 5.72. The molecular formula is C16H21NO4. The molecule has 0 radical (unpaired) electrons. The number of carboxylic acid groups (broad SMARTS) is 1. The molecule has 1 saturated heterocycles. The summed E-state index contributed by atoms with van der Waals surface area (Å²) in [6, 6.07) is 9.38. The van der Waals surface area contributed by atoms with Crippen LogP contribution >= 0.6 is 0 Å². The molecule has 1 aromatic carbocycles. The molecule has 0 unspecified atom stereocenters. The zero-order valence-electron chi connectivity index (χ0n) is 12.4. The quantitative estimate of drug-likeness (QED) is 0.930. The van der Waals surface area contributed by atoms with Gasteiger partial charge in [-0.1, -0.05) is 37.3 Å². The van der Waals surface area contributed by atoms with Crippen LogP contribution in [0.4, 0.5) is 4.79 Å². The maximum Gasteiger partial charge on any atom is 0.410 e. The van der Waals surface area contributed by atoms with Crippen LogP contribution in [0.1, 0.15) is 25.8 Å². The number of hydrogen-bond donors (Lipinski definition) is 1. The highest BCUT2D eigenvalue weighted by Gasteiger charge is 2.37. The molecule has 2 rings (SSSR count). The smallest absolute Gasteiger partial charge is 0.410 e. The van der Waals surface area contributed by atoms with Crippen molar-refractivity contribution in [1.29, 1.82) is 0 Å². The predicted octanol–water partition coefficient (Wildman–Crippen LogP) is 2.75. The van der Waals surface area contributed by atoms with Crippen molar-refractivity contribution < 1.29 is 19.4 Å². The van der Waals surface area contributed by atoms with Gasteiger partial charge in [0.05, 0.1) is 5.92 Å². The first-order chi connectivity index (χ1) is 9.99. The SMILES string of the molecule is C[C@@H]1CN(C(=O)OCc2ccccc2)[C@H](C)C[C@@H]1C(=O)O. The maximum absolute atomic E-state index is 12.2. The maximum atomic E-state index is 12.2. The largest absolute Gasteiger partial charge is 0.481 e. The molecule has 0 bridgehead atoms. The molecular weight excluding hydrogens is 270 g/mol. The van der Waals surface area contributed by atoms with Crippen molar-refractivity contribution in [2.75, 3.05) is 6.54 Å². The second kappa shape index (κ2) is 6.61. The second-order valence-corrected chi connectivity index (χ2v) is 5.70. The van der Waals surface area contributed by atoms with Crippen LogP contribution in [0.5, 0.6) is 0 Å². The lowest BCUT2D eigenvalue weighted by Gasteiger charge is -2.39. The van der Waals surface area contributed by atoms with Crippen LogP contribution in [0, 0.1) is 11.8 Å². The van der Waals surface area contributed by atoms with Gasteiger partial charge in [0, 0.05) is 12.6 Å². The average molecular weight is 291 g/mol. The third-order valence-corrected chi connectivity index (χ3v) is 4.06. The lowest BCUT2D eigenvalue weighted by atomic mass is 9.83. The zero-order valence-corrected chi connectivity index (χ0v) is 12.4. The van der Waals surface area contributed by atoms with E-state index in [0.717, 1.165) is 5.56 Å². The van der Waals surface area contributed by atoms with Crippen LogP contribution in [0.25, 0.3) is 0 Å². The fraction of sp³-hybridized carbons (Fsp3) is 0.500. The molecule has 0 aliphatic carbocycles. The summed E-state index contributed by atoms with van der Waals surface area (Å²) in [5.41, 5.74) is 0.937. The number of rotatable bonds is 3. The van der Waals surface area contributed by atoms with Gasteiger partial charge in [-0.2, -0.15) is 0 Å². The van der Waals surface area contributed by atoms with Gasteiger partial charge >= 0.3 is 12.1 Å². The van der Waals surface area contributed by atoms with E-state index < -0.39 is 11.9 Å². The van der Waals surface area contributed by atoms with Crippen molar-refractivity contribution in [2.45, 2.75) is 32.9 Å². The molecule has 0 aromatic heterocycles. The molecule has 1 amide bonds. The van der Waals surface area contributed by atoms with Crippen LogP contribution in [0.3, 0.4) is 0 Å². The first-order valence-corrected chi connectivity index (χ1v) is 7.19. The van der Waals surface area contributed by atoms with Gasteiger partial charge < -0.3 is 14.7 Å². The number of likely N-dealkylation sites (tertiary alicyclic amines) is 1. The van der Waals surface area contributed by atoms with Crippen molar-refractivity contribution in [3.8, 4) is 0 Å². The number of ether oxygens (including phenoxy) is 1. The zero-order chi connectivity index (χ0) is 15.4. The standard InChI is InChI=1S/C16H21NO4/c1-11-9-17(12(2)8-14(11)15(18)19)16(20)21-10-13-6-4-3-5-7-13/h3-7,11-12,14H,8-10H2,1-2H3,(H,18,19)/t11-,12-,14+/m1/s1. The van der Waals surface area contributed by atoms with E-state index in [0.29, 0.717) is 13.0 Å². The third kappa shape index (κ3) is 3.74. The first-order valence-electron chi connectivity index (χ1n) is 7.19. The van der Waals surface area contributed by atoms with Crippen LogP contribution in [-0.4, -0.2) is 34.7 Å². The fourth-order valence-corrected chi connectivity index (χ4v) is 2.75. The van der Waals surface area contributed by atoms with Crippen molar-refractivity contribution in [3.63, 3.8) is 0 Å². The number of benzene rings is 1. The molecule has 1 aliphatic heterocycles. The predicted molar refractivity (Wildman–Crippen MR) is 77.7 cm³/mol. The topological polar surface area (TPSA) is 66.8 Å². The number of aliphatic carboxylic acids is 1. The normalized spacial score (nSPS) is 25.4. The van der Waals surface area contributed by atoms with Crippen molar-refractivity contribution in [1.82, 2.24) is 4.90 Å². The highest BCUT2D eigenvalue weighted by Crippen LogP contribution is 2.28. The lowest BCUT2D eigenvalue weighted by Crippen LogP contribution is -2.50. The number of hydrogen-bond acceptors (Lipinski definition) is 3. The van der Waals surface area contributed by atoms with E-state index >= 15 is 0 Å². The molecule has 5 heteroatoms. The van der Waals surface area contributed by atoms with Gasteiger partial charge in [0.25, 0.3) is 0 Å². The van der Waals surface area contributed by atoms with E-state index in [1.54, 1.807) is 4.90 Å². The summed E-state index contributed by atoms with van der Waals surface area (Å²) in [5, 5.41) is 9.17. The van der Waals surface area contributed by atoms with Crippen LogP contribution in [0.2, 0.25) is 0 Å². The number of amides is 1. The monoisotopic (exact) mass is 291 g/mol. The summed E-state index contributed by atoms with van der Waals surface area (Å²) in [6.45, 7) is 4.39. The molecule has 5 nitrogen and oxygen atoms in total. The molecule has 1 fully saturated rings. The number of carbonyl (C=O) groups excluding carboxylic acids is 1. The molecule has 1 aliphatic rings. The summed E-state index contributed by atoms with van der Waals surface area (Å²) >= 11 is 0. The summed E-state index contributed by atoms with van der Waals surface area (Å²) in [6.07, 6.45) is 0.0961. The molecule has 21 heavy (non-hydrogen) atoms. The summed E-state index contributed by atoms with van der Waals surface area (Å²) in [5.74, 6) is -1.24. The van der Waals surface area contributed by atoms with Gasteiger partial charge in [0.2, 0.25) is 0 Å². The highest BCUT2D eigenvalue weighted by atomic mass is 16.6. The average Bonchev–Trinajstić information content (AvgIpc) is 2.47. The Hall–Kier alpha value is -2.04. The van der Waals surface area contributed by atoms with Gasteiger partial charge in [-0.05, 0) is 24.8 Å². The Labute approximate surface area is 124 Å². The molecule has 3 atom stereocenters. The second-order valence-electron chi connectivity index (χ2n) is 5.70. The molecule has 0 spiro atoms. The van der Waals surface area contributed by atoms with E-state index in [1.165, 1.54) is 0 Å². The lowest BCUT2D eigenvalue weighted by molar-refractivity contribution is -0.146. The van der Waals surface area contributed by atoms with E-state index in [4.69, 9.17) is 9.84 Å². The minimum Gasteiger partial charge on any atom is -0.481 e. The van der Waals surface area contributed by atoms with Gasteiger partial charge in [-0.3, -0.25) is 4.79 Å². The van der Waals surface area contributed by atoms with E-state index in [-0.39, 0.29) is 24.7 Å². The van der Waals surface area contributed by atoms with E-state index in [2.05, 4.69) is 0 Å². The molecule has 1 heterocycles. The van der Waals surface area contributed by atoms with Gasteiger partial charge in [-0.15, -0.1) is 0 Å². The van der Waals surface area contributed by atoms with Crippen LogP contribution in [-0.2, 0) is 16.1 Å². The molecule has 114 valence electrons. The Morgan fingerprint density at radius 3 is 2.57 bits per heavy atom. The minimum absolute atomic E-state index is 0.0667. The van der Waals surface area contributed by atoms with Gasteiger partial charge in [0.15, 0.2) is 0 Å². The Balaban J connectivity index is 1.92. The Bertz CT molecular complexity index is 502. The van der Waals surface area contributed by atoms with E-state index in [9.17, 15) is 9.59 Å². The molecule has 0 saturated carbocycles. The van der Waals surface area contributed by atoms with Crippen molar-refractivity contribution >= 4 is 12.1 Å². The van der Waals surface area contributed by atoms with Crippen molar-refractivity contribution in [3.05, 3.63) is 35.9 Å². The molecule has 1 aromatic rings. The Morgan fingerprint density at radius 2 is 1.95 bits per heavy atom.